The monoisotopic (exact) mass is 271 g/mol. The average Bonchev–Trinajstić information content (AvgIpc) is 2.38. The number of halogens is 1. The molecule has 1 aliphatic heterocycles. The Balaban J connectivity index is 1.84. The van der Waals surface area contributed by atoms with Crippen LogP contribution in [0.4, 0.5) is 0 Å². The SMILES string of the molecule is O[C@H](CN[C@@H]1CCCSC1)c1ccccc1Cl. The lowest BCUT2D eigenvalue weighted by Crippen LogP contribution is -2.36. The number of rotatable bonds is 4. The molecule has 4 heteroatoms. The molecule has 0 radical (unpaired) electrons. The molecular weight excluding hydrogens is 254 g/mol. The van der Waals surface area contributed by atoms with Gasteiger partial charge in [-0.3, -0.25) is 0 Å². The fourth-order valence-electron chi connectivity index (χ4n) is 2.04. The summed E-state index contributed by atoms with van der Waals surface area (Å²) in [5.74, 6) is 2.42. The van der Waals surface area contributed by atoms with E-state index in [0.29, 0.717) is 17.6 Å². The molecule has 1 fully saturated rings. The van der Waals surface area contributed by atoms with E-state index >= 15 is 0 Å². The van der Waals surface area contributed by atoms with E-state index in [4.69, 9.17) is 11.6 Å². The Labute approximate surface area is 112 Å². The maximum absolute atomic E-state index is 10.1. The largest absolute Gasteiger partial charge is 0.387 e. The molecule has 1 aromatic carbocycles. The van der Waals surface area contributed by atoms with Crippen LogP contribution < -0.4 is 5.32 Å². The zero-order chi connectivity index (χ0) is 12.1. The van der Waals surface area contributed by atoms with Crippen molar-refractivity contribution in [3.8, 4) is 0 Å². The first-order valence-corrected chi connectivity index (χ1v) is 7.54. The highest BCUT2D eigenvalue weighted by Gasteiger charge is 2.16. The number of nitrogens with one attached hydrogen (secondary N) is 1. The van der Waals surface area contributed by atoms with Gasteiger partial charge >= 0.3 is 0 Å². The van der Waals surface area contributed by atoms with Gasteiger partial charge in [-0.05, 0) is 24.7 Å². The number of hydrogen-bond acceptors (Lipinski definition) is 3. The molecule has 0 amide bonds. The quantitative estimate of drug-likeness (QED) is 0.883. The predicted octanol–water partition coefficient (Wildman–Crippen LogP) is 2.86. The molecule has 2 rings (SSSR count). The summed E-state index contributed by atoms with van der Waals surface area (Å²) in [6.07, 6.45) is 1.96. The summed E-state index contributed by atoms with van der Waals surface area (Å²) in [4.78, 5) is 0. The molecule has 17 heavy (non-hydrogen) atoms. The zero-order valence-electron chi connectivity index (χ0n) is 9.73. The van der Waals surface area contributed by atoms with Crippen molar-refractivity contribution in [3.63, 3.8) is 0 Å². The summed E-state index contributed by atoms with van der Waals surface area (Å²) < 4.78 is 0. The predicted molar refractivity (Wildman–Crippen MR) is 74.8 cm³/mol. The minimum Gasteiger partial charge on any atom is -0.387 e. The highest BCUT2D eigenvalue weighted by Crippen LogP contribution is 2.23. The molecule has 1 saturated heterocycles. The molecule has 2 nitrogen and oxygen atoms in total. The van der Waals surface area contributed by atoms with E-state index in [0.717, 1.165) is 11.3 Å². The lowest BCUT2D eigenvalue weighted by molar-refractivity contribution is 0.170. The van der Waals surface area contributed by atoms with Gasteiger partial charge in [0.05, 0.1) is 6.10 Å². The molecule has 1 heterocycles. The molecule has 2 N–H and O–H groups in total. The molecular formula is C13H18ClNOS. The number of hydrogen-bond donors (Lipinski definition) is 2. The van der Waals surface area contributed by atoms with E-state index < -0.39 is 6.10 Å². The van der Waals surface area contributed by atoms with Crippen LogP contribution in [0.2, 0.25) is 5.02 Å². The van der Waals surface area contributed by atoms with Crippen LogP contribution in [0.3, 0.4) is 0 Å². The van der Waals surface area contributed by atoms with Gasteiger partial charge < -0.3 is 10.4 Å². The third kappa shape index (κ3) is 3.88. The van der Waals surface area contributed by atoms with Crippen molar-refractivity contribution in [1.29, 1.82) is 0 Å². The maximum atomic E-state index is 10.1. The van der Waals surface area contributed by atoms with E-state index in [-0.39, 0.29) is 0 Å². The Morgan fingerprint density at radius 2 is 2.29 bits per heavy atom. The first-order chi connectivity index (χ1) is 8.27. The molecule has 2 atom stereocenters. The van der Waals surface area contributed by atoms with Crippen LogP contribution in [-0.2, 0) is 0 Å². The van der Waals surface area contributed by atoms with E-state index in [1.807, 2.05) is 36.0 Å². The average molecular weight is 272 g/mol. The third-order valence-corrected chi connectivity index (χ3v) is 4.58. The summed E-state index contributed by atoms with van der Waals surface area (Å²) in [6, 6.07) is 8.01. The second-order valence-electron chi connectivity index (χ2n) is 4.36. The van der Waals surface area contributed by atoms with E-state index in [1.54, 1.807) is 0 Å². The molecule has 0 unspecified atom stereocenters. The topological polar surface area (TPSA) is 32.3 Å². The summed E-state index contributed by atoms with van der Waals surface area (Å²) in [5, 5.41) is 14.1. The molecule has 1 aromatic rings. The Hall–Kier alpha value is -0.220. The van der Waals surface area contributed by atoms with Crippen molar-refractivity contribution in [3.05, 3.63) is 34.9 Å². The summed E-state index contributed by atoms with van der Waals surface area (Å²) in [6.45, 7) is 0.578. The zero-order valence-corrected chi connectivity index (χ0v) is 11.3. The van der Waals surface area contributed by atoms with Crippen molar-refractivity contribution in [1.82, 2.24) is 5.32 Å². The van der Waals surface area contributed by atoms with Gasteiger partial charge in [-0.1, -0.05) is 29.8 Å². The fourth-order valence-corrected chi connectivity index (χ4v) is 3.40. The van der Waals surface area contributed by atoms with Crippen LogP contribution in [0.25, 0.3) is 0 Å². The Morgan fingerprint density at radius 3 is 3.00 bits per heavy atom. The normalized spacial score (nSPS) is 22.4. The molecule has 0 bridgehead atoms. The fraction of sp³-hybridized carbons (Fsp3) is 0.538. The highest BCUT2D eigenvalue weighted by atomic mass is 35.5. The number of benzene rings is 1. The first-order valence-electron chi connectivity index (χ1n) is 6.01. The van der Waals surface area contributed by atoms with Crippen molar-refractivity contribution in [2.45, 2.75) is 25.0 Å². The van der Waals surface area contributed by atoms with E-state index in [1.165, 1.54) is 18.6 Å². The van der Waals surface area contributed by atoms with Crippen LogP contribution >= 0.6 is 23.4 Å². The van der Waals surface area contributed by atoms with Crippen molar-refractivity contribution < 1.29 is 5.11 Å². The number of thioether (sulfide) groups is 1. The third-order valence-electron chi connectivity index (χ3n) is 3.02. The summed E-state index contributed by atoms with van der Waals surface area (Å²) in [5.41, 5.74) is 0.810. The van der Waals surface area contributed by atoms with Crippen LogP contribution in [0.5, 0.6) is 0 Å². The molecule has 1 aliphatic rings. The lowest BCUT2D eigenvalue weighted by atomic mass is 10.1. The van der Waals surface area contributed by atoms with Gasteiger partial charge in [0.15, 0.2) is 0 Å². The van der Waals surface area contributed by atoms with Crippen molar-refractivity contribution in [2.75, 3.05) is 18.1 Å². The number of aliphatic hydroxyl groups excluding tert-OH is 1. The molecule has 0 spiro atoms. The molecule has 0 aliphatic carbocycles. The van der Waals surface area contributed by atoms with Gasteiger partial charge in [-0.2, -0.15) is 11.8 Å². The van der Waals surface area contributed by atoms with Crippen LogP contribution in [0.15, 0.2) is 24.3 Å². The minimum atomic E-state index is -0.518. The Morgan fingerprint density at radius 1 is 1.47 bits per heavy atom. The summed E-state index contributed by atoms with van der Waals surface area (Å²) in [7, 11) is 0. The van der Waals surface area contributed by atoms with E-state index in [9.17, 15) is 5.11 Å². The van der Waals surface area contributed by atoms with Gasteiger partial charge in [-0.25, -0.2) is 0 Å². The second-order valence-corrected chi connectivity index (χ2v) is 5.92. The van der Waals surface area contributed by atoms with Crippen LogP contribution in [0, 0.1) is 0 Å². The maximum Gasteiger partial charge on any atom is 0.0928 e. The van der Waals surface area contributed by atoms with Gasteiger partial charge in [0.1, 0.15) is 0 Å². The van der Waals surface area contributed by atoms with Crippen LogP contribution in [-0.4, -0.2) is 29.2 Å². The molecule has 0 saturated carbocycles. The van der Waals surface area contributed by atoms with E-state index in [2.05, 4.69) is 5.32 Å². The minimum absolute atomic E-state index is 0.518. The highest BCUT2D eigenvalue weighted by molar-refractivity contribution is 7.99. The number of aliphatic hydroxyl groups is 1. The van der Waals surface area contributed by atoms with Gasteiger partial charge in [0, 0.05) is 28.9 Å². The van der Waals surface area contributed by atoms with Crippen molar-refractivity contribution in [2.24, 2.45) is 0 Å². The molecule has 0 aromatic heterocycles. The van der Waals surface area contributed by atoms with Gasteiger partial charge in [0.25, 0.3) is 0 Å². The second kappa shape index (κ2) is 6.64. The lowest BCUT2D eigenvalue weighted by Gasteiger charge is -2.24. The molecule has 94 valence electrons. The first kappa shape index (κ1) is 13.2. The standard InChI is InChI=1S/C13H18ClNOS/c14-12-6-2-1-5-11(12)13(16)8-15-10-4-3-7-17-9-10/h1-2,5-6,10,13,15-16H,3-4,7-9H2/t10-,13-/m1/s1. The van der Waals surface area contributed by atoms with Gasteiger partial charge in [-0.15, -0.1) is 0 Å². The Bertz CT molecular complexity index is 355. The smallest absolute Gasteiger partial charge is 0.0928 e. The van der Waals surface area contributed by atoms with Gasteiger partial charge in [0.2, 0.25) is 0 Å². The van der Waals surface area contributed by atoms with Crippen LogP contribution in [0.1, 0.15) is 24.5 Å². The summed E-state index contributed by atoms with van der Waals surface area (Å²) >= 11 is 8.03. The Kier molecular flexibility index (Phi) is 5.16. The van der Waals surface area contributed by atoms with Crippen molar-refractivity contribution >= 4 is 23.4 Å².